The maximum absolute atomic E-state index is 11.1. The first-order chi connectivity index (χ1) is 14.2. The van der Waals surface area contributed by atoms with Crippen LogP contribution in [0, 0.1) is 0 Å². The molecule has 2 N–H and O–H groups in total. The van der Waals surface area contributed by atoms with Gasteiger partial charge in [0.1, 0.15) is 12.4 Å². The Balaban J connectivity index is 1.50. The standard InChI is InChI=1S/C25H25NO3/c27-25(28)16-22-7-1-2-12-24(22)29-17-18-6-3-8-19(14-18)20-9-4-10-21(15-20)23-11-5-13-26-23/h1-4,6-10,12,14-15,23,26H,5,11,13,16-17H2,(H,27,28)/t23-/m1/s1. The van der Waals surface area contributed by atoms with Crippen LogP contribution in [0.25, 0.3) is 11.1 Å². The number of carbonyl (C=O) groups is 1. The average molecular weight is 387 g/mol. The number of hydrogen-bond donors (Lipinski definition) is 2. The molecule has 0 aliphatic carbocycles. The Hall–Kier alpha value is -3.11. The number of carboxylic acid groups (broad SMARTS) is 1. The molecule has 1 fully saturated rings. The van der Waals surface area contributed by atoms with Crippen LogP contribution in [0.15, 0.2) is 72.8 Å². The minimum Gasteiger partial charge on any atom is -0.489 e. The summed E-state index contributed by atoms with van der Waals surface area (Å²) in [6.45, 7) is 1.49. The van der Waals surface area contributed by atoms with Crippen molar-refractivity contribution in [2.45, 2.75) is 31.9 Å². The predicted octanol–water partition coefficient (Wildman–Crippen LogP) is 4.98. The van der Waals surface area contributed by atoms with Crippen LogP contribution in [0.5, 0.6) is 5.75 Å². The van der Waals surface area contributed by atoms with E-state index >= 15 is 0 Å². The van der Waals surface area contributed by atoms with Gasteiger partial charge in [0.15, 0.2) is 0 Å². The van der Waals surface area contributed by atoms with E-state index in [4.69, 9.17) is 9.84 Å². The van der Waals surface area contributed by atoms with Crippen molar-refractivity contribution in [1.29, 1.82) is 0 Å². The highest BCUT2D eigenvalue weighted by atomic mass is 16.5. The van der Waals surface area contributed by atoms with E-state index in [2.05, 4.69) is 41.7 Å². The molecule has 0 aromatic heterocycles. The molecule has 4 heteroatoms. The summed E-state index contributed by atoms with van der Waals surface area (Å²) in [5.41, 5.74) is 5.43. The van der Waals surface area contributed by atoms with E-state index in [1.165, 1.54) is 24.0 Å². The number of nitrogens with one attached hydrogen (secondary N) is 1. The molecule has 0 radical (unpaired) electrons. The van der Waals surface area contributed by atoms with Gasteiger partial charge in [-0.3, -0.25) is 4.79 Å². The first kappa shape index (κ1) is 19.2. The van der Waals surface area contributed by atoms with Gasteiger partial charge in [-0.2, -0.15) is 0 Å². The van der Waals surface area contributed by atoms with Gasteiger partial charge < -0.3 is 15.2 Å². The van der Waals surface area contributed by atoms with Crippen LogP contribution in [-0.2, 0) is 17.8 Å². The van der Waals surface area contributed by atoms with Crippen LogP contribution in [0.2, 0.25) is 0 Å². The van der Waals surface area contributed by atoms with Gasteiger partial charge >= 0.3 is 5.97 Å². The predicted molar refractivity (Wildman–Crippen MR) is 114 cm³/mol. The van der Waals surface area contributed by atoms with Crippen molar-refractivity contribution in [3.05, 3.63) is 89.5 Å². The summed E-state index contributed by atoms with van der Waals surface area (Å²) in [5.74, 6) is -0.241. The van der Waals surface area contributed by atoms with Crippen molar-refractivity contribution in [1.82, 2.24) is 5.32 Å². The van der Waals surface area contributed by atoms with Gasteiger partial charge in [0.2, 0.25) is 0 Å². The number of aliphatic carboxylic acids is 1. The first-order valence-corrected chi connectivity index (χ1v) is 10.0. The van der Waals surface area contributed by atoms with E-state index in [0.717, 1.165) is 17.7 Å². The summed E-state index contributed by atoms with van der Waals surface area (Å²) in [7, 11) is 0. The number of rotatable bonds is 7. The van der Waals surface area contributed by atoms with Crippen molar-refractivity contribution in [2.75, 3.05) is 6.54 Å². The minimum absolute atomic E-state index is 0.0434. The molecule has 1 heterocycles. The van der Waals surface area contributed by atoms with Crippen molar-refractivity contribution in [2.24, 2.45) is 0 Å². The lowest BCUT2D eigenvalue weighted by molar-refractivity contribution is -0.136. The monoisotopic (exact) mass is 387 g/mol. The molecule has 3 aromatic rings. The molecule has 4 rings (SSSR count). The molecule has 1 saturated heterocycles. The van der Waals surface area contributed by atoms with Gasteiger partial charge in [-0.25, -0.2) is 0 Å². The summed E-state index contributed by atoms with van der Waals surface area (Å²) >= 11 is 0. The summed E-state index contributed by atoms with van der Waals surface area (Å²) in [5, 5.41) is 12.6. The molecule has 1 atom stereocenters. The molecule has 0 saturated carbocycles. The summed E-state index contributed by atoms with van der Waals surface area (Å²) in [6, 6.07) is 24.8. The van der Waals surface area contributed by atoms with Crippen molar-refractivity contribution < 1.29 is 14.6 Å². The van der Waals surface area contributed by atoms with Gasteiger partial charge in [-0.05, 0) is 59.8 Å². The lowest BCUT2D eigenvalue weighted by atomic mass is 9.98. The lowest BCUT2D eigenvalue weighted by Gasteiger charge is -2.13. The highest BCUT2D eigenvalue weighted by Crippen LogP contribution is 2.28. The largest absolute Gasteiger partial charge is 0.489 e. The zero-order chi connectivity index (χ0) is 20.1. The Morgan fingerprint density at radius 3 is 2.59 bits per heavy atom. The zero-order valence-electron chi connectivity index (χ0n) is 16.3. The Morgan fingerprint density at radius 1 is 1.00 bits per heavy atom. The van der Waals surface area contributed by atoms with Gasteiger partial charge in [-0.15, -0.1) is 0 Å². The number of para-hydroxylation sites is 1. The van der Waals surface area contributed by atoms with E-state index in [-0.39, 0.29) is 6.42 Å². The smallest absolute Gasteiger partial charge is 0.307 e. The van der Waals surface area contributed by atoms with Crippen LogP contribution < -0.4 is 10.1 Å². The normalized spacial score (nSPS) is 15.9. The van der Waals surface area contributed by atoms with Crippen LogP contribution in [0.4, 0.5) is 0 Å². The molecule has 29 heavy (non-hydrogen) atoms. The Bertz CT molecular complexity index is 993. The lowest BCUT2D eigenvalue weighted by Crippen LogP contribution is -2.12. The van der Waals surface area contributed by atoms with Crippen LogP contribution in [0.3, 0.4) is 0 Å². The number of benzene rings is 3. The maximum Gasteiger partial charge on any atom is 0.307 e. The Kier molecular flexibility index (Phi) is 5.92. The SMILES string of the molecule is O=C(O)Cc1ccccc1OCc1cccc(-c2cccc([C@H]3CCCN3)c2)c1. The third kappa shape index (κ3) is 4.84. The highest BCUT2D eigenvalue weighted by molar-refractivity contribution is 5.71. The average Bonchev–Trinajstić information content (AvgIpc) is 3.28. The van der Waals surface area contributed by atoms with Crippen molar-refractivity contribution >= 4 is 5.97 Å². The molecule has 1 aliphatic rings. The van der Waals surface area contributed by atoms with E-state index in [1.54, 1.807) is 6.07 Å². The second-order valence-corrected chi connectivity index (χ2v) is 7.44. The fraction of sp³-hybridized carbons (Fsp3) is 0.240. The van der Waals surface area contributed by atoms with E-state index in [1.807, 2.05) is 30.3 Å². The van der Waals surface area contributed by atoms with Crippen LogP contribution in [0.1, 0.15) is 35.6 Å². The van der Waals surface area contributed by atoms with Crippen LogP contribution in [-0.4, -0.2) is 17.6 Å². The highest BCUT2D eigenvalue weighted by Gasteiger charge is 2.16. The summed E-state index contributed by atoms with van der Waals surface area (Å²) < 4.78 is 5.95. The third-order valence-corrected chi connectivity index (χ3v) is 5.32. The summed E-state index contributed by atoms with van der Waals surface area (Å²) in [6.07, 6.45) is 2.37. The Morgan fingerprint density at radius 2 is 1.79 bits per heavy atom. The van der Waals surface area contributed by atoms with E-state index in [9.17, 15) is 4.79 Å². The van der Waals surface area contributed by atoms with E-state index < -0.39 is 5.97 Å². The molecule has 3 aromatic carbocycles. The van der Waals surface area contributed by atoms with Crippen molar-refractivity contribution in [3.63, 3.8) is 0 Å². The van der Waals surface area contributed by atoms with Crippen molar-refractivity contribution in [3.8, 4) is 16.9 Å². The minimum atomic E-state index is -0.861. The second-order valence-electron chi connectivity index (χ2n) is 7.44. The fourth-order valence-corrected chi connectivity index (χ4v) is 3.86. The molecule has 148 valence electrons. The van der Waals surface area contributed by atoms with Crippen LogP contribution >= 0.6 is 0 Å². The van der Waals surface area contributed by atoms with Gasteiger partial charge in [0.25, 0.3) is 0 Å². The number of carboxylic acids is 1. The number of ether oxygens (including phenoxy) is 1. The molecular weight excluding hydrogens is 362 g/mol. The molecule has 0 amide bonds. The molecular formula is C25H25NO3. The molecule has 0 spiro atoms. The molecule has 4 nitrogen and oxygen atoms in total. The zero-order valence-corrected chi connectivity index (χ0v) is 16.3. The topological polar surface area (TPSA) is 58.6 Å². The van der Waals surface area contributed by atoms with Gasteiger partial charge in [0, 0.05) is 11.6 Å². The van der Waals surface area contributed by atoms with E-state index in [0.29, 0.717) is 24.0 Å². The fourth-order valence-electron chi connectivity index (χ4n) is 3.86. The quantitative estimate of drug-likeness (QED) is 0.600. The van der Waals surface area contributed by atoms with Gasteiger partial charge in [0.05, 0.1) is 6.42 Å². The first-order valence-electron chi connectivity index (χ1n) is 10.0. The van der Waals surface area contributed by atoms with Gasteiger partial charge in [-0.1, -0.05) is 54.6 Å². The Labute approximate surface area is 171 Å². The molecule has 0 unspecified atom stereocenters. The third-order valence-electron chi connectivity index (χ3n) is 5.32. The maximum atomic E-state index is 11.1. The second kappa shape index (κ2) is 8.93. The molecule has 0 bridgehead atoms. The summed E-state index contributed by atoms with van der Waals surface area (Å²) in [4.78, 5) is 11.1. The molecule has 1 aliphatic heterocycles. The number of hydrogen-bond acceptors (Lipinski definition) is 3.